The van der Waals surface area contributed by atoms with Gasteiger partial charge in [-0.3, -0.25) is 9.48 Å². The van der Waals surface area contributed by atoms with Gasteiger partial charge < -0.3 is 10.2 Å². The second-order valence-electron chi connectivity index (χ2n) is 8.18. The van der Waals surface area contributed by atoms with E-state index in [1.165, 1.54) is 11.3 Å². The van der Waals surface area contributed by atoms with Gasteiger partial charge in [0.1, 0.15) is 5.69 Å². The average molecular weight is 477 g/mol. The summed E-state index contributed by atoms with van der Waals surface area (Å²) in [6, 6.07) is 9.65. The number of thiazole rings is 1. The van der Waals surface area contributed by atoms with Crippen LogP contribution >= 0.6 is 22.9 Å². The summed E-state index contributed by atoms with van der Waals surface area (Å²) in [5.74, 6) is 0.146. The van der Waals surface area contributed by atoms with Crippen LogP contribution in [0.2, 0.25) is 5.02 Å². The van der Waals surface area contributed by atoms with E-state index in [1.807, 2.05) is 53.6 Å². The van der Waals surface area contributed by atoms with Gasteiger partial charge in [0.05, 0.1) is 24.0 Å². The van der Waals surface area contributed by atoms with Crippen LogP contribution in [0.1, 0.15) is 23.8 Å². The quantitative estimate of drug-likeness (QED) is 0.541. The highest BCUT2D eigenvalue weighted by Gasteiger charge is 2.28. The summed E-state index contributed by atoms with van der Waals surface area (Å²) in [7, 11) is 0. The first-order valence-corrected chi connectivity index (χ1v) is 11.9. The predicted octanol–water partition coefficient (Wildman–Crippen LogP) is 5.28. The van der Waals surface area contributed by atoms with Gasteiger partial charge in [-0.25, -0.2) is 4.98 Å². The second kappa shape index (κ2) is 8.85. The van der Waals surface area contributed by atoms with Crippen molar-refractivity contribution in [2.75, 3.05) is 18.4 Å². The largest absolute Gasteiger partial charge is 0.331 e. The number of fused-ring (bicyclic) bond motifs is 1. The van der Waals surface area contributed by atoms with Crippen molar-refractivity contribution in [3.8, 4) is 17.3 Å². The van der Waals surface area contributed by atoms with Crippen LogP contribution in [0.15, 0.2) is 59.1 Å². The van der Waals surface area contributed by atoms with E-state index in [-0.39, 0.29) is 11.8 Å². The number of nitrogens with one attached hydrogen (secondary N) is 1. The van der Waals surface area contributed by atoms with Crippen molar-refractivity contribution >= 4 is 39.7 Å². The van der Waals surface area contributed by atoms with E-state index in [9.17, 15) is 10.1 Å². The molecule has 0 bridgehead atoms. The van der Waals surface area contributed by atoms with E-state index in [0.29, 0.717) is 36.0 Å². The Morgan fingerprint density at radius 3 is 2.94 bits per heavy atom. The van der Waals surface area contributed by atoms with E-state index in [2.05, 4.69) is 16.4 Å². The van der Waals surface area contributed by atoms with Crippen molar-refractivity contribution in [3.05, 3.63) is 69.9 Å². The average Bonchev–Trinajstić information content (AvgIpc) is 3.46. The molecule has 1 amide bonds. The molecular formula is C24H21ClN6OS. The molecule has 0 fully saturated rings. The summed E-state index contributed by atoms with van der Waals surface area (Å²) in [5, 5.41) is 20.5. The predicted molar refractivity (Wildman–Crippen MR) is 130 cm³/mol. The van der Waals surface area contributed by atoms with Crippen LogP contribution in [-0.4, -0.2) is 38.7 Å². The maximum atomic E-state index is 13.3. The molecule has 1 aliphatic heterocycles. The van der Waals surface area contributed by atoms with Gasteiger partial charge in [0.25, 0.3) is 5.91 Å². The molecule has 0 radical (unpaired) electrons. The van der Waals surface area contributed by atoms with E-state index >= 15 is 0 Å². The molecular weight excluding hydrogens is 456 g/mol. The number of aromatic nitrogens is 3. The minimum absolute atomic E-state index is 0.0352. The van der Waals surface area contributed by atoms with Crippen molar-refractivity contribution in [3.63, 3.8) is 0 Å². The monoisotopic (exact) mass is 476 g/mol. The topological polar surface area (TPSA) is 86.8 Å². The van der Waals surface area contributed by atoms with Crippen molar-refractivity contribution in [2.24, 2.45) is 5.92 Å². The maximum Gasteiger partial charge on any atom is 0.272 e. The molecule has 0 saturated carbocycles. The first-order valence-electron chi connectivity index (χ1n) is 10.6. The lowest BCUT2D eigenvalue weighted by Gasteiger charge is -2.29. The van der Waals surface area contributed by atoms with Crippen LogP contribution in [0.25, 0.3) is 11.3 Å². The van der Waals surface area contributed by atoms with Crippen LogP contribution in [0.4, 0.5) is 10.8 Å². The first-order chi connectivity index (χ1) is 16.0. The van der Waals surface area contributed by atoms with Crippen molar-refractivity contribution in [1.29, 1.82) is 5.26 Å². The van der Waals surface area contributed by atoms with Crippen molar-refractivity contribution in [1.82, 2.24) is 19.7 Å². The fourth-order valence-corrected chi connectivity index (χ4v) is 4.93. The van der Waals surface area contributed by atoms with Crippen LogP contribution < -0.4 is 5.32 Å². The number of allylic oxidation sites excluding steroid dienone is 3. The Kier molecular flexibility index (Phi) is 5.75. The molecule has 33 heavy (non-hydrogen) atoms. The second-order valence-corrected chi connectivity index (χ2v) is 9.51. The zero-order valence-electron chi connectivity index (χ0n) is 18.0. The maximum absolute atomic E-state index is 13.3. The molecule has 1 N–H and O–H groups in total. The van der Waals surface area contributed by atoms with Gasteiger partial charge in [-0.2, -0.15) is 10.4 Å². The Balaban J connectivity index is 1.40. The van der Waals surface area contributed by atoms with Crippen LogP contribution in [-0.2, 0) is 6.54 Å². The van der Waals surface area contributed by atoms with E-state index in [1.54, 1.807) is 10.9 Å². The summed E-state index contributed by atoms with van der Waals surface area (Å²) < 4.78 is 1.78. The minimum atomic E-state index is -0.0352. The summed E-state index contributed by atoms with van der Waals surface area (Å²) in [6.07, 6.45) is 6.38. The highest BCUT2D eigenvalue weighted by Crippen LogP contribution is 2.34. The molecule has 5 rings (SSSR count). The van der Waals surface area contributed by atoms with Gasteiger partial charge >= 0.3 is 0 Å². The minimum Gasteiger partial charge on any atom is -0.331 e. The van der Waals surface area contributed by atoms with Gasteiger partial charge in [0, 0.05) is 40.8 Å². The number of benzene rings is 1. The third-order valence-electron chi connectivity index (χ3n) is 5.92. The van der Waals surface area contributed by atoms with Gasteiger partial charge in [-0.1, -0.05) is 30.2 Å². The number of rotatable bonds is 5. The Morgan fingerprint density at radius 1 is 1.30 bits per heavy atom. The van der Waals surface area contributed by atoms with Gasteiger partial charge in [0.15, 0.2) is 5.13 Å². The number of anilines is 2. The lowest BCUT2D eigenvalue weighted by atomic mass is 9.89. The highest BCUT2D eigenvalue weighted by atomic mass is 35.5. The molecule has 1 unspecified atom stereocenters. The lowest BCUT2D eigenvalue weighted by Crippen LogP contribution is -2.41. The molecule has 3 aromatic rings. The Bertz CT molecular complexity index is 1320. The number of hydrogen-bond donors (Lipinski definition) is 1. The molecule has 2 aromatic heterocycles. The van der Waals surface area contributed by atoms with Crippen LogP contribution in [0, 0.1) is 17.2 Å². The number of amides is 1. The number of carbonyl (C=O) groups excluding carboxylic acids is 1. The number of hydrogen-bond acceptors (Lipinski definition) is 6. The van der Waals surface area contributed by atoms with Crippen molar-refractivity contribution < 1.29 is 4.79 Å². The number of nitriles is 1. The molecule has 9 heteroatoms. The SMILES string of the molecule is CC1CC(CN2CCn3nc(-c4ccc(Cl)cc4Nc4nccs4)cc3C2=O)=CC=C1C#N. The molecule has 0 spiro atoms. The Morgan fingerprint density at radius 2 is 2.18 bits per heavy atom. The molecule has 1 aliphatic carbocycles. The van der Waals surface area contributed by atoms with Gasteiger partial charge in [-0.05, 0) is 42.7 Å². The fourth-order valence-electron chi connectivity index (χ4n) is 4.22. The van der Waals surface area contributed by atoms with Crippen LogP contribution in [0.3, 0.4) is 0 Å². The van der Waals surface area contributed by atoms with E-state index in [4.69, 9.17) is 16.7 Å². The third kappa shape index (κ3) is 4.30. The van der Waals surface area contributed by atoms with E-state index < -0.39 is 0 Å². The summed E-state index contributed by atoms with van der Waals surface area (Å²) in [6.45, 7) is 3.84. The Hall–Kier alpha value is -3.41. The molecule has 3 heterocycles. The standard InChI is InChI=1S/C24H21ClN6OS/c1-15-10-16(2-3-17(15)13-26)14-30-7-8-31-22(23(30)32)12-21(29-31)19-5-4-18(25)11-20(19)28-24-27-6-9-33-24/h2-6,9,11-12,15H,7-8,10,14H2,1H3,(H,27,28). The number of nitrogens with zero attached hydrogens (tertiary/aromatic N) is 5. The highest BCUT2D eigenvalue weighted by molar-refractivity contribution is 7.13. The first kappa shape index (κ1) is 21.4. The summed E-state index contributed by atoms with van der Waals surface area (Å²) in [5.41, 5.74) is 4.88. The molecule has 1 aromatic carbocycles. The number of halogens is 1. The summed E-state index contributed by atoms with van der Waals surface area (Å²) in [4.78, 5) is 19.4. The fraction of sp³-hybridized carbons (Fsp3) is 0.250. The smallest absolute Gasteiger partial charge is 0.272 e. The Labute approximate surface area is 200 Å². The van der Waals surface area contributed by atoms with Gasteiger partial charge in [-0.15, -0.1) is 11.3 Å². The third-order valence-corrected chi connectivity index (χ3v) is 6.84. The molecule has 0 saturated heterocycles. The molecule has 166 valence electrons. The van der Waals surface area contributed by atoms with E-state index in [0.717, 1.165) is 33.9 Å². The lowest BCUT2D eigenvalue weighted by molar-refractivity contribution is 0.0712. The van der Waals surface area contributed by atoms with Gasteiger partial charge in [0.2, 0.25) is 0 Å². The molecule has 2 aliphatic rings. The molecule has 7 nitrogen and oxygen atoms in total. The molecule has 1 atom stereocenters. The summed E-state index contributed by atoms with van der Waals surface area (Å²) >= 11 is 7.73. The normalized spacial score (nSPS) is 17.8. The zero-order valence-corrected chi connectivity index (χ0v) is 19.5. The number of carbonyl (C=O) groups is 1. The zero-order chi connectivity index (χ0) is 22.9. The van der Waals surface area contributed by atoms with Crippen LogP contribution in [0.5, 0.6) is 0 Å². The van der Waals surface area contributed by atoms with Crippen molar-refractivity contribution in [2.45, 2.75) is 19.9 Å².